The third kappa shape index (κ3) is 4.82. The lowest BCUT2D eigenvalue weighted by molar-refractivity contribution is -0.136. The number of rotatable bonds is 6. The maximum absolute atomic E-state index is 12.7. The topological polar surface area (TPSA) is 82.7 Å². The van der Waals surface area contributed by atoms with Gasteiger partial charge in [0.2, 0.25) is 11.8 Å². The zero-order valence-electron chi connectivity index (χ0n) is 16.1. The van der Waals surface area contributed by atoms with E-state index >= 15 is 0 Å². The van der Waals surface area contributed by atoms with Crippen LogP contribution >= 0.6 is 0 Å². The molecule has 1 amide bonds. The van der Waals surface area contributed by atoms with Crippen molar-refractivity contribution < 1.29 is 14.4 Å². The number of likely N-dealkylation sites (tertiary alicyclic amines) is 1. The van der Waals surface area contributed by atoms with E-state index in [9.17, 15) is 9.90 Å². The summed E-state index contributed by atoms with van der Waals surface area (Å²) in [6.45, 7) is 7.13. The molecule has 0 bridgehead atoms. The summed E-state index contributed by atoms with van der Waals surface area (Å²) in [4.78, 5) is 21.3. The van der Waals surface area contributed by atoms with E-state index in [0.717, 1.165) is 70.4 Å². The predicted molar refractivity (Wildman–Crippen MR) is 97.4 cm³/mol. The van der Waals surface area contributed by atoms with E-state index in [1.807, 2.05) is 4.90 Å². The van der Waals surface area contributed by atoms with Gasteiger partial charge in [0.25, 0.3) is 0 Å². The molecule has 1 atom stereocenters. The van der Waals surface area contributed by atoms with E-state index in [-0.39, 0.29) is 12.3 Å². The Morgan fingerprint density at radius 1 is 1.31 bits per heavy atom. The third-order valence-electron chi connectivity index (χ3n) is 5.90. The van der Waals surface area contributed by atoms with Crippen molar-refractivity contribution in [3.63, 3.8) is 0 Å². The molecule has 1 N–H and O–H groups in total. The molecule has 2 fully saturated rings. The molecule has 0 aromatic carbocycles. The molecular weight excluding hydrogens is 332 g/mol. The quantitative estimate of drug-likeness (QED) is 0.834. The third-order valence-corrected chi connectivity index (χ3v) is 5.90. The first-order valence-corrected chi connectivity index (χ1v) is 10.0. The maximum atomic E-state index is 12.7. The van der Waals surface area contributed by atoms with Crippen LogP contribution in [0.5, 0.6) is 0 Å². The number of nitrogens with zero attached hydrogens (tertiary/aromatic N) is 4. The number of carbonyl (C=O) groups excluding carboxylic acids is 1. The first-order chi connectivity index (χ1) is 12.5. The standard InChI is InChI=1S/C19H32N4O3/c1-3-22(14-17-20-15(2)26-21-17)16-7-6-11-23(12-8-16)18(24)13-19(25)9-4-5-10-19/h16,25H,3-14H2,1-2H3/t16-/m0/s1. The van der Waals surface area contributed by atoms with E-state index in [0.29, 0.717) is 18.5 Å². The minimum atomic E-state index is -0.755. The van der Waals surface area contributed by atoms with E-state index in [1.165, 1.54) is 0 Å². The minimum Gasteiger partial charge on any atom is -0.389 e. The molecule has 0 unspecified atom stereocenters. The molecule has 1 aromatic heterocycles. The van der Waals surface area contributed by atoms with Crippen LogP contribution in [0.4, 0.5) is 0 Å². The largest absolute Gasteiger partial charge is 0.389 e. The summed E-state index contributed by atoms with van der Waals surface area (Å²) in [6.07, 6.45) is 6.91. The Bertz CT molecular complexity index is 597. The molecule has 2 aliphatic rings. The summed E-state index contributed by atoms with van der Waals surface area (Å²) in [7, 11) is 0. The average molecular weight is 364 g/mol. The van der Waals surface area contributed by atoms with Crippen molar-refractivity contribution in [2.75, 3.05) is 19.6 Å². The number of aryl methyl sites for hydroxylation is 1. The van der Waals surface area contributed by atoms with Gasteiger partial charge in [0.05, 0.1) is 18.6 Å². The van der Waals surface area contributed by atoms with E-state index in [2.05, 4.69) is 22.0 Å². The highest BCUT2D eigenvalue weighted by molar-refractivity contribution is 5.77. The zero-order chi connectivity index (χ0) is 18.6. The number of amides is 1. The van der Waals surface area contributed by atoms with Crippen LogP contribution < -0.4 is 0 Å². The number of hydrogen-bond donors (Lipinski definition) is 1. The second kappa shape index (κ2) is 8.48. The molecule has 1 saturated heterocycles. The van der Waals surface area contributed by atoms with Gasteiger partial charge in [0, 0.05) is 26.1 Å². The summed E-state index contributed by atoms with van der Waals surface area (Å²) in [5.74, 6) is 1.44. The Labute approximate surface area is 155 Å². The van der Waals surface area contributed by atoms with Gasteiger partial charge in [-0.2, -0.15) is 4.98 Å². The molecule has 26 heavy (non-hydrogen) atoms. The molecule has 7 nitrogen and oxygen atoms in total. The molecule has 3 rings (SSSR count). The molecule has 0 radical (unpaired) electrons. The second-order valence-electron chi connectivity index (χ2n) is 7.87. The number of aliphatic hydroxyl groups is 1. The molecule has 1 aromatic rings. The monoisotopic (exact) mass is 364 g/mol. The van der Waals surface area contributed by atoms with Gasteiger partial charge in [-0.25, -0.2) is 0 Å². The average Bonchev–Trinajstić information content (AvgIpc) is 3.13. The van der Waals surface area contributed by atoms with Gasteiger partial charge in [-0.05, 0) is 38.6 Å². The summed E-state index contributed by atoms with van der Waals surface area (Å²) in [5, 5.41) is 14.5. The number of aromatic nitrogens is 2. The maximum Gasteiger partial charge on any atom is 0.225 e. The van der Waals surface area contributed by atoms with Crippen LogP contribution in [0.25, 0.3) is 0 Å². The number of hydrogen-bond acceptors (Lipinski definition) is 6. The van der Waals surface area contributed by atoms with Gasteiger partial charge in [0.1, 0.15) is 0 Å². The predicted octanol–water partition coefficient (Wildman–Crippen LogP) is 2.28. The van der Waals surface area contributed by atoms with Gasteiger partial charge in [-0.15, -0.1) is 0 Å². The summed E-state index contributed by atoms with van der Waals surface area (Å²) in [5.41, 5.74) is -0.755. The van der Waals surface area contributed by atoms with Gasteiger partial charge in [0.15, 0.2) is 5.82 Å². The molecule has 2 heterocycles. The highest BCUT2D eigenvalue weighted by atomic mass is 16.5. The van der Waals surface area contributed by atoms with Gasteiger partial charge < -0.3 is 14.5 Å². The smallest absolute Gasteiger partial charge is 0.225 e. The normalized spacial score (nSPS) is 23.4. The lowest BCUT2D eigenvalue weighted by Crippen LogP contribution is -2.39. The fourth-order valence-corrected chi connectivity index (χ4v) is 4.38. The van der Waals surface area contributed by atoms with Crippen molar-refractivity contribution in [3.8, 4) is 0 Å². The Morgan fingerprint density at radius 3 is 2.73 bits per heavy atom. The first kappa shape index (κ1) is 19.3. The van der Waals surface area contributed by atoms with Gasteiger partial charge in [-0.3, -0.25) is 9.69 Å². The van der Waals surface area contributed by atoms with Crippen LogP contribution in [0.2, 0.25) is 0 Å². The lowest BCUT2D eigenvalue weighted by atomic mass is 9.97. The fraction of sp³-hybridized carbons (Fsp3) is 0.842. The highest BCUT2D eigenvalue weighted by Crippen LogP contribution is 2.33. The van der Waals surface area contributed by atoms with Crippen LogP contribution in [-0.2, 0) is 11.3 Å². The summed E-state index contributed by atoms with van der Waals surface area (Å²) in [6, 6.07) is 0.422. The molecular formula is C19H32N4O3. The first-order valence-electron chi connectivity index (χ1n) is 10.0. The van der Waals surface area contributed by atoms with Crippen molar-refractivity contribution in [2.24, 2.45) is 0 Å². The van der Waals surface area contributed by atoms with Crippen molar-refractivity contribution in [1.29, 1.82) is 0 Å². The van der Waals surface area contributed by atoms with Crippen LogP contribution in [0.1, 0.15) is 70.0 Å². The van der Waals surface area contributed by atoms with Crippen molar-refractivity contribution >= 4 is 5.91 Å². The van der Waals surface area contributed by atoms with E-state index < -0.39 is 5.60 Å². The van der Waals surface area contributed by atoms with Crippen LogP contribution in [0.15, 0.2) is 4.52 Å². The SMILES string of the molecule is CCN(Cc1noc(C)n1)[C@H]1CCCN(C(=O)CC2(O)CCCC2)CC1. The van der Waals surface area contributed by atoms with Gasteiger partial charge >= 0.3 is 0 Å². The molecule has 0 spiro atoms. The Hall–Kier alpha value is -1.47. The Balaban J connectivity index is 1.53. The number of carbonyl (C=O) groups is 1. The minimum absolute atomic E-state index is 0.117. The van der Waals surface area contributed by atoms with Crippen molar-refractivity contribution in [1.82, 2.24) is 19.9 Å². The molecule has 1 aliphatic carbocycles. The zero-order valence-corrected chi connectivity index (χ0v) is 16.1. The molecule has 7 heteroatoms. The molecule has 1 aliphatic heterocycles. The van der Waals surface area contributed by atoms with Crippen molar-refractivity contribution in [2.45, 2.75) is 83.4 Å². The van der Waals surface area contributed by atoms with Crippen LogP contribution in [0.3, 0.4) is 0 Å². The summed E-state index contributed by atoms with van der Waals surface area (Å²) < 4.78 is 5.08. The fourth-order valence-electron chi connectivity index (χ4n) is 4.38. The van der Waals surface area contributed by atoms with E-state index in [1.54, 1.807) is 6.92 Å². The van der Waals surface area contributed by atoms with Crippen molar-refractivity contribution in [3.05, 3.63) is 11.7 Å². The highest BCUT2D eigenvalue weighted by Gasteiger charge is 2.35. The Kier molecular flexibility index (Phi) is 6.29. The van der Waals surface area contributed by atoms with E-state index in [4.69, 9.17) is 4.52 Å². The molecule has 146 valence electrons. The second-order valence-corrected chi connectivity index (χ2v) is 7.87. The van der Waals surface area contributed by atoms with Crippen LogP contribution in [0, 0.1) is 6.92 Å². The van der Waals surface area contributed by atoms with Crippen LogP contribution in [-0.4, -0.2) is 62.2 Å². The Morgan fingerprint density at radius 2 is 2.08 bits per heavy atom. The lowest BCUT2D eigenvalue weighted by Gasteiger charge is -2.29. The summed E-state index contributed by atoms with van der Waals surface area (Å²) >= 11 is 0. The molecule has 1 saturated carbocycles. The van der Waals surface area contributed by atoms with Gasteiger partial charge in [-0.1, -0.05) is 24.9 Å².